The molecule has 4 nitrogen and oxygen atoms in total. The molecule has 0 radical (unpaired) electrons. The Morgan fingerprint density at radius 1 is 1.03 bits per heavy atom. The fourth-order valence-corrected chi connectivity index (χ4v) is 4.17. The summed E-state index contributed by atoms with van der Waals surface area (Å²) >= 11 is 3.68. The van der Waals surface area contributed by atoms with Crippen LogP contribution in [-0.4, -0.2) is 23.1 Å². The van der Waals surface area contributed by atoms with E-state index in [1.54, 1.807) is 0 Å². The number of hydrogen-bond acceptors (Lipinski definition) is 4. The van der Waals surface area contributed by atoms with Crippen molar-refractivity contribution in [2.75, 3.05) is 23.3 Å². The molecule has 0 saturated heterocycles. The quantitative estimate of drug-likeness (QED) is 0.457. The number of nitrogens with one attached hydrogen (secondary N) is 1. The number of hydrogen-bond donors (Lipinski definition) is 1. The van der Waals surface area contributed by atoms with Crippen molar-refractivity contribution < 1.29 is 0 Å². The predicted molar refractivity (Wildman–Crippen MR) is 130 cm³/mol. The second kappa shape index (κ2) is 9.00. The maximum atomic E-state index is 4.80. The maximum absolute atomic E-state index is 4.80. The molecule has 0 spiro atoms. The maximum Gasteiger partial charge on any atom is 0.229 e. The van der Waals surface area contributed by atoms with Crippen LogP contribution in [0.15, 0.2) is 65.1 Å². The van der Waals surface area contributed by atoms with Gasteiger partial charge in [0, 0.05) is 29.3 Å². The Morgan fingerprint density at radius 2 is 1.83 bits per heavy atom. The summed E-state index contributed by atoms with van der Waals surface area (Å²) in [6, 6.07) is 19.1. The molecule has 1 aromatic heterocycles. The summed E-state index contributed by atoms with van der Waals surface area (Å²) in [4.78, 5) is 11.7. The highest BCUT2D eigenvalue weighted by molar-refractivity contribution is 9.10. The Morgan fingerprint density at radius 3 is 2.50 bits per heavy atom. The number of anilines is 3. The van der Waals surface area contributed by atoms with E-state index in [4.69, 9.17) is 4.98 Å². The zero-order chi connectivity index (χ0) is 21.1. The molecular formula is C25H27BrN4. The third-order valence-electron chi connectivity index (χ3n) is 5.42. The van der Waals surface area contributed by atoms with Crippen molar-refractivity contribution in [3.8, 4) is 0 Å². The molecule has 3 aromatic rings. The first-order valence-corrected chi connectivity index (χ1v) is 11.2. The normalized spacial score (nSPS) is 14.0. The van der Waals surface area contributed by atoms with E-state index in [1.165, 1.54) is 16.7 Å². The number of rotatable bonds is 5. The van der Waals surface area contributed by atoms with Crippen molar-refractivity contribution in [3.63, 3.8) is 0 Å². The Balaban J connectivity index is 1.52. The Hall–Kier alpha value is -2.66. The van der Waals surface area contributed by atoms with Crippen LogP contribution in [0.1, 0.15) is 43.0 Å². The second-order valence-electron chi connectivity index (χ2n) is 8.00. The second-order valence-corrected chi connectivity index (χ2v) is 8.86. The van der Waals surface area contributed by atoms with Gasteiger partial charge in [0.05, 0.1) is 5.69 Å². The molecule has 0 bridgehead atoms. The summed E-state index contributed by atoms with van der Waals surface area (Å²) in [6.45, 7) is 8.21. The van der Waals surface area contributed by atoms with Crippen molar-refractivity contribution in [1.29, 1.82) is 0 Å². The number of aromatic nitrogens is 2. The number of halogens is 1. The van der Waals surface area contributed by atoms with Gasteiger partial charge in [0.15, 0.2) is 0 Å². The zero-order valence-corrected chi connectivity index (χ0v) is 19.3. The molecule has 1 aliphatic rings. The minimum Gasteiger partial charge on any atom is -0.352 e. The summed E-state index contributed by atoms with van der Waals surface area (Å²) in [5.74, 6) is 2.08. The fraction of sp³-hybridized carbons (Fsp3) is 0.280. The molecule has 0 aliphatic carbocycles. The topological polar surface area (TPSA) is 41.1 Å². The third-order valence-corrected chi connectivity index (χ3v) is 6.08. The van der Waals surface area contributed by atoms with Crippen LogP contribution in [0, 0.1) is 6.92 Å². The van der Waals surface area contributed by atoms with Crippen molar-refractivity contribution >= 4 is 39.0 Å². The summed E-state index contributed by atoms with van der Waals surface area (Å²) < 4.78 is 1.02. The standard InChI is InChI=1S/C25H27BrN4/c1-17(2)21-9-10-23(22(26)16-21)28-25-27-18(3)15-24(29-25)30-13-11-20(12-14-30)19-7-5-4-6-8-19/h4-11,15-17H,12-14H2,1-3H3,(H,27,28,29). The van der Waals surface area contributed by atoms with E-state index >= 15 is 0 Å². The van der Waals surface area contributed by atoms with Gasteiger partial charge in [0.2, 0.25) is 5.95 Å². The third kappa shape index (κ3) is 4.73. The van der Waals surface area contributed by atoms with Crippen LogP contribution in [0.4, 0.5) is 17.5 Å². The van der Waals surface area contributed by atoms with Crippen LogP contribution in [-0.2, 0) is 0 Å². The van der Waals surface area contributed by atoms with Gasteiger partial charge in [0.1, 0.15) is 5.82 Å². The smallest absolute Gasteiger partial charge is 0.229 e. The molecule has 0 amide bonds. The predicted octanol–water partition coefficient (Wildman–Crippen LogP) is 6.71. The minimum atomic E-state index is 0.491. The molecule has 0 saturated carbocycles. The Kier molecular flexibility index (Phi) is 6.18. The molecule has 0 atom stereocenters. The Bertz CT molecular complexity index is 1060. The van der Waals surface area contributed by atoms with Crippen molar-refractivity contribution in [2.45, 2.75) is 33.1 Å². The van der Waals surface area contributed by atoms with Crippen LogP contribution in [0.25, 0.3) is 5.57 Å². The van der Waals surface area contributed by atoms with Crippen LogP contribution in [0.5, 0.6) is 0 Å². The van der Waals surface area contributed by atoms with Gasteiger partial charge in [-0.05, 0) is 64.0 Å². The number of aryl methyl sites for hydroxylation is 1. The van der Waals surface area contributed by atoms with E-state index < -0.39 is 0 Å². The lowest BCUT2D eigenvalue weighted by molar-refractivity contribution is 0.812. The monoisotopic (exact) mass is 462 g/mol. The molecule has 1 aliphatic heterocycles. The molecule has 0 unspecified atom stereocenters. The summed E-state index contributed by atoms with van der Waals surface area (Å²) in [6.07, 6.45) is 3.32. The SMILES string of the molecule is Cc1cc(N2CC=C(c3ccccc3)CC2)nc(Nc2ccc(C(C)C)cc2Br)n1. The molecule has 0 fully saturated rings. The van der Waals surface area contributed by atoms with Crippen molar-refractivity contribution in [2.24, 2.45) is 0 Å². The average molecular weight is 463 g/mol. The molecular weight excluding hydrogens is 436 g/mol. The van der Waals surface area contributed by atoms with E-state index in [-0.39, 0.29) is 0 Å². The van der Waals surface area contributed by atoms with E-state index in [9.17, 15) is 0 Å². The lowest BCUT2D eigenvalue weighted by Gasteiger charge is -2.28. The summed E-state index contributed by atoms with van der Waals surface area (Å²) in [7, 11) is 0. The first-order valence-electron chi connectivity index (χ1n) is 10.4. The van der Waals surface area contributed by atoms with E-state index in [1.807, 2.05) is 6.92 Å². The van der Waals surface area contributed by atoms with Crippen LogP contribution < -0.4 is 10.2 Å². The van der Waals surface area contributed by atoms with Gasteiger partial charge in [-0.2, -0.15) is 4.98 Å². The largest absolute Gasteiger partial charge is 0.352 e. The Labute approximate surface area is 187 Å². The van der Waals surface area contributed by atoms with E-state index in [0.717, 1.165) is 41.2 Å². The van der Waals surface area contributed by atoms with Gasteiger partial charge in [-0.1, -0.05) is 56.3 Å². The number of nitrogens with zero attached hydrogens (tertiary/aromatic N) is 3. The first-order chi connectivity index (χ1) is 14.5. The van der Waals surface area contributed by atoms with Gasteiger partial charge in [-0.3, -0.25) is 0 Å². The number of benzene rings is 2. The summed E-state index contributed by atoms with van der Waals surface area (Å²) in [5, 5.41) is 3.38. The molecule has 2 aromatic carbocycles. The van der Waals surface area contributed by atoms with Gasteiger partial charge >= 0.3 is 0 Å². The minimum absolute atomic E-state index is 0.491. The molecule has 2 heterocycles. The van der Waals surface area contributed by atoms with Gasteiger partial charge in [0.25, 0.3) is 0 Å². The molecule has 5 heteroatoms. The molecule has 154 valence electrons. The lowest BCUT2D eigenvalue weighted by Crippen LogP contribution is -2.29. The van der Waals surface area contributed by atoms with E-state index in [0.29, 0.717) is 11.9 Å². The van der Waals surface area contributed by atoms with Crippen molar-refractivity contribution in [3.05, 3.63) is 82.0 Å². The van der Waals surface area contributed by atoms with E-state index in [2.05, 4.69) is 106 Å². The van der Waals surface area contributed by atoms with Gasteiger partial charge in [-0.25, -0.2) is 4.98 Å². The highest BCUT2D eigenvalue weighted by Gasteiger charge is 2.16. The van der Waals surface area contributed by atoms with Crippen molar-refractivity contribution in [1.82, 2.24) is 9.97 Å². The highest BCUT2D eigenvalue weighted by atomic mass is 79.9. The molecule has 1 N–H and O–H groups in total. The van der Waals surface area contributed by atoms with Gasteiger partial charge < -0.3 is 10.2 Å². The van der Waals surface area contributed by atoms with Crippen LogP contribution in [0.3, 0.4) is 0 Å². The first kappa shape index (κ1) is 20.6. The van der Waals surface area contributed by atoms with Gasteiger partial charge in [-0.15, -0.1) is 0 Å². The highest BCUT2D eigenvalue weighted by Crippen LogP contribution is 2.30. The zero-order valence-electron chi connectivity index (χ0n) is 17.7. The summed E-state index contributed by atoms with van der Waals surface area (Å²) in [5.41, 5.74) is 5.95. The lowest BCUT2D eigenvalue weighted by atomic mass is 10.00. The molecule has 30 heavy (non-hydrogen) atoms. The average Bonchev–Trinajstić information content (AvgIpc) is 2.75. The van der Waals surface area contributed by atoms with Crippen LogP contribution >= 0.6 is 15.9 Å². The fourth-order valence-electron chi connectivity index (χ4n) is 3.67. The molecule has 4 rings (SSSR count). The van der Waals surface area contributed by atoms with Crippen LogP contribution in [0.2, 0.25) is 0 Å².